The Balaban J connectivity index is 2.17. The monoisotopic (exact) mass is 205 g/mol. The first-order valence-corrected chi connectivity index (χ1v) is 5.43. The minimum absolute atomic E-state index is 0.302. The summed E-state index contributed by atoms with van der Waals surface area (Å²) in [5, 5.41) is 9.89. The first kappa shape index (κ1) is 9.04. The van der Waals surface area contributed by atoms with Crippen LogP contribution in [0.25, 0.3) is 0 Å². The fourth-order valence-corrected chi connectivity index (χ4v) is 2.86. The zero-order chi connectivity index (χ0) is 10.4. The van der Waals surface area contributed by atoms with E-state index in [1.165, 1.54) is 5.56 Å². The molecule has 1 aromatic carbocycles. The van der Waals surface area contributed by atoms with Crippen LogP contribution in [0.2, 0.25) is 0 Å². The Bertz CT molecular complexity index is 391. The number of ether oxygens (including phenoxy) is 1. The number of fused-ring (bicyclic) bond motifs is 2. The summed E-state index contributed by atoms with van der Waals surface area (Å²) in [4.78, 5) is 2.08. The third-order valence-corrected chi connectivity index (χ3v) is 3.55. The van der Waals surface area contributed by atoms with Crippen molar-refractivity contribution in [1.82, 2.24) is 0 Å². The van der Waals surface area contributed by atoms with Crippen LogP contribution in [0.15, 0.2) is 18.2 Å². The normalized spacial score (nSPS) is 27.7. The summed E-state index contributed by atoms with van der Waals surface area (Å²) in [6.45, 7) is 0.964. The lowest BCUT2D eigenvalue weighted by atomic mass is 9.81. The highest BCUT2D eigenvalue weighted by Gasteiger charge is 2.38. The first-order chi connectivity index (χ1) is 7.31. The topological polar surface area (TPSA) is 32.7 Å². The quantitative estimate of drug-likeness (QED) is 0.757. The number of benzene rings is 1. The van der Waals surface area contributed by atoms with Crippen molar-refractivity contribution in [2.75, 3.05) is 18.6 Å². The van der Waals surface area contributed by atoms with Gasteiger partial charge in [-0.3, -0.25) is 0 Å². The van der Waals surface area contributed by atoms with Gasteiger partial charge in [-0.15, -0.1) is 0 Å². The number of aliphatic hydroxyl groups is 1. The van der Waals surface area contributed by atoms with Gasteiger partial charge < -0.3 is 14.7 Å². The number of methoxy groups -OCH3 is 1. The van der Waals surface area contributed by atoms with Gasteiger partial charge in [0.1, 0.15) is 12.0 Å². The Morgan fingerprint density at radius 1 is 1.47 bits per heavy atom. The highest BCUT2D eigenvalue weighted by Crippen LogP contribution is 2.48. The molecule has 0 amide bonds. The van der Waals surface area contributed by atoms with Gasteiger partial charge in [-0.25, -0.2) is 0 Å². The third-order valence-electron chi connectivity index (χ3n) is 3.55. The standard InChI is InChI=1S/C12H15NO2/c1-15-10-4-2-3-9-12(10)8-5-6-13(9)11(14)7-8/h2-4,8,11,14H,5-7H2,1H3. The molecule has 3 nitrogen and oxygen atoms in total. The van der Waals surface area contributed by atoms with Crippen LogP contribution < -0.4 is 9.64 Å². The van der Waals surface area contributed by atoms with Crippen molar-refractivity contribution < 1.29 is 9.84 Å². The first-order valence-electron chi connectivity index (χ1n) is 5.43. The summed E-state index contributed by atoms with van der Waals surface area (Å²) in [5.74, 6) is 1.44. The molecule has 3 aliphatic heterocycles. The third kappa shape index (κ3) is 1.16. The Morgan fingerprint density at radius 2 is 2.33 bits per heavy atom. The smallest absolute Gasteiger partial charge is 0.127 e. The second-order valence-corrected chi connectivity index (χ2v) is 4.29. The summed E-state index contributed by atoms with van der Waals surface area (Å²) in [6, 6.07) is 6.07. The number of rotatable bonds is 1. The predicted octanol–water partition coefficient (Wildman–Crippen LogP) is 1.71. The van der Waals surface area contributed by atoms with Gasteiger partial charge in [-0.1, -0.05) is 6.07 Å². The Labute approximate surface area is 89.3 Å². The maximum atomic E-state index is 9.89. The lowest BCUT2D eigenvalue weighted by molar-refractivity contribution is 0.120. The molecule has 0 spiro atoms. The van der Waals surface area contributed by atoms with Crippen LogP contribution in [-0.2, 0) is 0 Å². The average Bonchev–Trinajstić information content (AvgIpc) is 2.29. The van der Waals surface area contributed by atoms with E-state index in [9.17, 15) is 5.11 Å². The number of hydrogen-bond acceptors (Lipinski definition) is 3. The van der Waals surface area contributed by atoms with Gasteiger partial charge in [-0.05, 0) is 30.9 Å². The van der Waals surface area contributed by atoms with E-state index in [-0.39, 0.29) is 6.23 Å². The summed E-state index contributed by atoms with van der Waals surface area (Å²) in [5.41, 5.74) is 2.45. The molecule has 0 aliphatic carbocycles. The fourth-order valence-electron chi connectivity index (χ4n) is 2.86. The second-order valence-electron chi connectivity index (χ2n) is 4.29. The number of anilines is 1. The van der Waals surface area contributed by atoms with Gasteiger partial charge in [-0.2, -0.15) is 0 Å². The Morgan fingerprint density at radius 3 is 3.07 bits per heavy atom. The second kappa shape index (κ2) is 3.14. The number of nitrogens with zero attached hydrogens (tertiary/aromatic N) is 1. The summed E-state index contributed by atoms with van der Waals surface area (Å²) in [7, 11) is 1.71. The van der Waals surface area contributed by atoms with Crippen LogP contribution in [0.1, 0.15) is 24.3 Å². The van der Waals surface area contributed by atoms with Crippen molar-refractivity contribution in [3.8, 4) is 5.75 Å². The van der Waals surface area contributed by atoms with Gasteiger partial charge >= 0.3 is 0 Å². The van der Waals surface area contributed by atoms with Crippen molar-refractivity contribution in [1.29, 1.82) is 0 Å². The summed E-state index contributed by atoms with van der Waals surface area (Å²) < 4.78 is 5.39. The maximum absolute atomic E-state index is 9.89. The number of hydrogen-bond donors (Lipinski definition) is 1. The summed E-state index contributed by atoms with van der Waals surface area (Å²) >= 11 is 0. The van der Waals surface area contributed by atoms with Gasteiger partial charge in [0.15, 0.2) is 0 Å². The van der Waals surface area contributed by atoms with E-state index in [2.05, 4.69) is 11.0 Å². The molecule has 2 bridgehead atoms. The Kier molecular flexibility index (Phi) is 1.89. The highest BCUT2D eigenvalue weighted by molar-refractivity contribution is 5.64. The molecule has 3 heterocycles. The summed E-state index contributed by atoms with van der Waals surface area (Å²) in [6.07, 6.45) is 1.67. The van der Waals surface area contributed by atoms with Crippen LogP contribution in [0.5, 0.6) is 5.75 Å². The molecule has 0 radical (unpaired) electrons. The van der Waals surface area contributed by atoms with E-state index in [1.54, 1.807) is 7.11 Å². The van der Waals surface area contributed by atoms with Crippen molar-refractivity contribution in [2.24, 2.45) is 0 Å². The van der Waals surface area contributed by atoms with Crippen molar-refractivity contribution in [2.45, 2.75) is 25.0 Å². The molecule has 1 saturated heterocycles. The van der Waals surface area contributed by atoms with E-state index in [0.717, 1.165) is 30.8 Å². The molecule has 2 unspecified atom stereocenters. The van der Waals surface area contributed by atoms with Gasteiger partial charge in [0.05, 0.1) is 7.11 Å². The van der Waals surface area contributed by atoms with Crippen LogP contribution in [-0.4, -0.2) is 25.0 Å². The Hall–Kier alpha value is -1.22. The molecule has 15 heavy (non-hydrogen) atoms. The highest BCUT2D eigenvalue weighted by atomic mass is 16.5. The lowest BCUT2D eigenvalue weighted by Crippen LogP contribution is -2.46. The molecule has 0 saturated carbocycles. The van der Waals surface area contributed by atoms with E-state index < -0.39 is 0 Å². The molecule has 3 heteroatoms. The fraction of sp³-hybridized carbons (Fsp3) is 0.500. The number of piperidine rings is 1. The zero-order valence-corrected chi connectivity index (χ0v) is 8.81. The zero-order valence-electron chi connectivity index (χ0n) is 8.81. The van der Waals surface area contributed by atoms with Crippen molar-refractivity contribution >= 4 is 5.69 Å². The molecule has 1 aromatic rings. The van der Waals surface area contributed by atoms with E-state index in [1.807, 2.05) is 12.1 Å². The molecule has 4 rings (SSSR count). The van der Waals surface area contributed by atoms with Crippen LogP contribution in [0, 0.1) is 0 Å². The largest absolute Gasteiger partial charge is 0.496 e. The molecule has 0 aromatic heterocycles. The SMILES string of the molecule is COc1cccc2c1C1CCN2C(O)C1. The van der Waals surface area contributed by atoms with Gasteiger partial charge in [0.2, 0.25) is 0 Å². The predicted molar refractivity (Wildman–Crippen MR) is 58.3 cm³/mol. The van der Waals surface area contributed by atoms with Crippen molar-refractivity contribution in [3.63, 3.8) is 0 Å². The lowest BCUT2D eigenvalue weighted by Gasteiger charge is -2.45. The van der Waals surface area contributed by atoms with Crippen molar-refractivity contribution in [3.05, 3.63) is 23.8 Å². The van der Waals surface area contributed by atoms with Crippen LogP contribution >= 0.6 is 0 Å². The van der Waals surface area contributed by atoms with Gasteiger partial charge in [0, 0.05) is 17.8 Å². The average molecular weight is 205 g/mol. The molecule has 3 aliphatic rings. The molecule has 80 valence electrons. The van der Waals surface area contributed by atoms with E-state index >= 15 is 0 Å². The van der Waals surface area contributed by atoms with Crippen LogP contribution in [0.3, 0.4) is 0 Å². The molecule has 1 fully saturated rings. The van der Waals surface area contributed by atoms with E-state index in [4.69, 9.17) is 4.74 Å². The number of aliphatic hydroxyl groups excluding tert-OH is 1. The van der Waals surface area contributed by atoms with Crippen LogP contribution in [0.4, 0.5) is 5.69 Å². The molecule has 2 atom stereocenters. The maximum Gasteiger partial charge on any atom is 0.127 e. The van der Waals surface area contributed by atoms with Gasteiger partial charge in [0.25, 0.3) is 0 Å². The minimum Gasteiger partial charge on any atom is -0.496 e. The molecule has 1 N–H and O–H groups in total. The molecular formula is C12H15NO2. The molecular weight excluding hydrogens is 190 g/mol. The van der Waals surface area contributed by atoms with E-state index in [0.29, 0.717) is 5.92 Å². The minimum atomic E-state index is -0.302.